The Bertz CT molecular complexity index is 80.1. The topological polar surface area (TPSA) is 35.8 Å². The average Bonchev–Trinajstić information content (AvgIpc) is 2.06. The zero-order valence-electron chi connectivity index (χ0n) is 7.98. The van der Waals surface area contributed by atoms with Crippen molar-refractivity contribution in [3.8, 4) is 6.07 Å². The lowest BCUT2D eigenvalue weighted by molar-refractivity contribution is 0.667. The smallest absolute Gasteiger partial charge is 0.0618 e. The molecule has 0 heterocycles. The summed E-state index contributed by atoms with van der Waals surface area (Å²) in [5.41, 5.74) is 0. The Hall–Kier alpha value is -0.550. The predicted molar refractivity (Wildman–Crippen MR) is 49.4 cm³/mol. The molecule has 1 N–H and O–H groups in total. The second-order valence-electron chi connectivity index (χ2n) is 2.32. The molecule has 0 fully saturated rings. The number of nitrogens with zero attached hydrogens (tertiary/aromatic N) is 1. The summed E-state index contributed by atoms with van der Waals surface area (Å²) < 4.78 is 0. The monoisotopic (exact) mass is 156 g/mol. The Labute approximate surface area is 70.6 Å². The van der Waals surface area contributed by atoms with Crippen molar-refractivity contribution < 1.29 is 0 Å². The molecule has 11 heavy (non-hydrogen) atoms. The van der Waals surface area contributed by atoms with Crippen molar-refractivity contribution >= 4 is 0 Å². The molecule has 2 nitrogen and oxygen atoms in total. The summed E-state index contributed by atoms with van der Waals surface area (Å²) in [6.07, 6.45) is 4.63. The van der Waals surface area contributed by atoms with Crippen LogP contribution in [0.2, 0.25) is 0 Å². The van der Waals surface area contributed by atoms with Crippen molar-refractivity contribution in [2.24, 2.45) is 0 Å². The lowest BCUT2D eigenvalue weighted by Gasteiger charge is -1.93. The Morgan fingerprint density at radius 1 is 1.27 bits per heavy atom. The van der Waals surface area contributed by atoms with Crippen LogP contribution in [-0.2, 0) is 0 Å². The summed E-state index contributed by atoms with van der Waals surface area (Å²) in [6, 6.07) is 1.93. The maximum Gasteiger partial charge on any atom is 0.0618 e. The Kier molecular flexibility index (Phi) is 19.3. The van der Waals surface area contributed by atoms with Gasteiger partial charge in [-0.25, -0.2) is 0 Å². The molecular formula is C9H20N2. The largest absolute Gasteiger partial charge is 0.320 e. The minimum atomic E-state index is 0.625. The van der Waals surface area contributed by atoms with Crippen LogP contribution in [0.3, 0.4) is 0 Å². The van der Waals surface area contributed by atoms with Crippen LogP contribution in [-0.4, -0.2) is 13.6 Å². The molecular weight excluding hydrogens is 136 g/mol. The van der Waals surface area contributed by atoms with Crippen molar-refractivity contribution in [2.45, 2.75) is 39.5 Å². The lowest BCUT2D eigenvalue weighted by atomic mass is 10.2. The maximum atomic E-state index is 7.62. The van der Waals surface area contributed by atoms with Gasteiger partial charge in [-0.1, -0.05) is 26.7 Å². The van der Waals surface area contributed by atoms with Crippen LogP contribution < -0.4 is 5.32 Å². The molecule has 0 aromatic rings. The molecule has 0 aliphatic rings. The third-order valence-corrected chi connectivity index (χ3v) is 1.19. The van der Waals surface area contributed by atoms with E-state index in [0.717, 1.165) is 0 Å². The van der Waals surface area contributed by atoms with E-state index in [-0.39, 0.29) is 0 Å². The molecule has 0 aromatic heterocycles. The van der Waals surface area contributed by atoms with Crippen LogP contribution in [0.1, 0.15) is 39.5 Å². The molecule has 0 radical (unpaired) electrons. The van der Waals surface area contributed by atoms with Crippen molar-refractivity contribution in [3.05, 3.63) is 0 Å². The van der Waals surface area contributed by atoms with Gasteiger partial charge in [0.2, 0.25) is 0 Å². The van der Waals surface area contributed by atoms with Gasteiger partial charge in [0, 0.05) is 6.42 Å². The minimum absolute atomic E-state index is 0.625. The predicted octanol–water partition coefficient (Wildman–Crippen LogP) is 2.32. The Morgan fingerprint density at radius 2 is 1.82 bits per heavy atom. The highest BCUT2D eigenvalue weighted by Crippen LogP contribution is 1.89. The van der Waals surface area contributed by atoms with Crippen LogP contribution in [0, 0.1) is 11.3 Å². The third-order valence-electron chi connectivity index (χ3n) is 1.19. The van der Waals surface area contributed by atoms with E-state index < -0.39 is 0 Å². The second kappa shape index (κ2) is 16.2. The molecule has 0 saturated heterocycles. The van der Waals surface area contributed by atoms with Gasteiger partial charge in [0.25, 0.3) is 0 Å². The molecule has 0 aliphatic carbocycles. The molecule has 0 aliphatic heterocycles. The summed E-state index contributed by atoms with van der Waals surface area (Å²) in [4.78, 5) is 0. The van der Waals surface area contributed by atoms with Gasteiger partial charge >= 0.3 is 0 Å². The van der Waals surface area contributed by atoms with Crippen molar-refractivity contribution in [3.63, 3.8) is 0 Å². The maximum absolute atomic E-state index is 7.62. The fourth-order valence-corrected chi connectivity index (χ4v) is 0.552. The minimum Gasteiger partial charge on any atom is -0.320 e. The second-order valence-corrected chi connectivity index (χ2v) is 2.32. The SMILES string of the molecule is CCC#N.CCCCCNC. The van der Waals surface area contributed by atoms with Crippen molar-refractivity contribution in [2.75, 3.05) is 13.6 Å². The van der Waals surface area contributed by atoms with Crippen LogP contribution in [0.25, 0.3) is 0 Å². The molecule has 0 saturated carbocycles. The first-order chi connectivity index (χ1) is 5.33. The first kappa shape index (κ1) is 13.1. The average molecular weight is 156 g/mol. The standard InChI is InChI=1S/C6H15N.C3H5N/c1-3-4-5-6-7-2;1-2-3-4/h7H,3-6H2,1-2H3;2H2,1H3. The lowest BCUT2D eigenvalue weighted by Crippen LogP contribution is -2.06. The molecule has 2 heteroatoms. The summed E-state index contributed by atoms with van der Waals surface area (Å²) >= 11 is 0. The molecule has 0 unspecified atom stereocenters. The number of unbranched alkanes of at least 4 members (excludes halogenated alkanes) is 2. The number of nitriles is 1. The molecule has 0 atom stereocenters. The van der Waals surface area contributed by atoms with E-state index in [1.807, 2.05) is 20.0 Å². The van der Waals surface area contributed by atoms with Gasteiger partial charge in [-0.3, -0.25) is 0 Å². The zero-order chi connectivity index (χ0) is 8.95. The van der Waals surface area contributed by atoms with Gasteiger partial charge in [-0.05, 0) is 20.0 Å². The molecule has 0 rings (SSSR count). The summed E-state index contributed by atoms with van der Waals surface area (Å²) in [5.74, 6) is 0. The Balaban J connectivity index is 0. The highest BCUT2D eigenvalue weighted by molar-refractivity contribution is 4.61. The van der Waals surface area contributed by atoms with Crippen molar-refractivity contribution in [1.29, 1.82) is 5.26 Å². The molecule has 0 spiro atoms. The van der Waals surface area contributed by atoms with Gasteiger partial charge in [0.05, 0.1) is 6.07 Å². The van der Waals surface area contributed by atoms with Crippen LogP contribution in [0.15, 0.2) is 0 Å². The van der Waals surface area contributed by atoms with E-state index in [9.17, 15) is 0 Å². The number of hydrogen-bond donors (Lipinski definition) is 1. The van der Waals surface area contributed by atoms with E-state index in [4.69, 9.17) is 5.26 Å². The summed E-state index contributed by atoms with van der Waals surface area (Å²) in [5, 5.41) is 10.7. The zero-order valence-corrected chi connectivity index (χ0v) is 7.98. The molecule has 66 valence electrons. The molecule has 0 amide bonds. The Morgan fingerprint density at radius 3 is 2.09 bits per heavy atom. The van der Waals surface area contributed by atoms with Crippen LogP contribution in [0.5, 0.6) is 0 Å². The van der Waals surface area contributed by atoms with Gasteiger partial charge < -0.3 is 5.32 Å². The number of nitrogens with one attached hydrogen (secondary N) is 1. The third kappa shape index (κ3) is 26.5. The molecule has 0 aromatic carbocycles. The van der Waals surface area contributed by atoms with Gasteiger partial charge in [-0.2, -0.15) is 5.26 Å². The van der Waals surface area contributed by atoms with E-state index in [1.165, 1.54) is 25.8 Å². The van der Waals surface area contributed by atoms with E-state index in [2.05, 4.69) is 12.2 Å². The number of rotatable bonds is 4. The van der Waals surface area contributed by atoms with Crippen LogP contribution in [0.4, 0.5) is 0 Å². The molecule has 0 bridgehead atoms. The highest BCUT2D eigenvalue weighted by Gasteiger charge is 1.78. The van der Waals surface area contributed by atoms with Crippen LogP contribution >= 0.6 is 0 Å². The highest BCUT2D eigenvalue weighted by atomic mass is 14.8. The first-order valence-corrected chi connectivity index (χ1v) is 4.34. The fraction of sp³-hybridized carbons (Fsp3) is 0.889. The van der Waals surface area contributed by atoms with E-state index in [1.54, 1.807) is 0 Å². The first-order valence-electron chi connectivity index (χ1n) is 4.34. The number of hydrogen-bond acceptors (Lipinski definition) is 2. The van der Waals surface area contributed by atoms with Crippen molar-refractivity contribution in [1.82, 2.24) is 5.32 Å². The van der Waals surface area contributed by atoms with Gasteiger partial charge in [0.1, 0.15) is 0 Å². The van der Waals surface area contributed by atoms with E-state index >= 15 is 0 Å². The van der Waals surface area contributed by atoms with Gasteiger partial charge in [-0.15, -0.1) is 0 Å². The fourth-order valence-electron chi connectivity index (χ4n) is 0.552. The quantitative estimate of drug-likeness (QED) is 0.634. The van der Waals surface area contributed by atoms with E-state index in [0.29, 0.717) is 6.42 Å². The summed E-state index contributed by atoms with van der Waals surface area (Å²) in [6.45, 7) is 5.21. The van der Waals surface area contributed by atoms with Gasteiger partial charge in [0.15, 0.2) is 0 Å². The normalized spacial score (nSPS) is 7.82. The summed E-state index contributed by atoms with van der Waals surface area (Å²) in [7, 11) is 2.00.